The van der Waals surface area contributed by atoms with Gasteiger partial charge in [0.05, 0.1) is 90.6 Å². The molecule has 8 aromatic carbocycles. The SMILES string of the molecule is Nc1nccn1Cc1ccc(C(=O)Nc2ccc(Cl)cc2C(=O)Nc2ccc(Cl)cn2)cc1.O=C(Nc1ccc(Cl)cc1C(=O)Nc1ccc(Cl)cn1)c1ccc(CNC2=NCCC2)cc1.O=C(Nc1ccc(Cl)cc1C(=O)Nc1ccc(Cl)cn1)c1ccc(CNC2=NCCN2)cc1.O=C(Nc1ccc(Cl)cc1C(=O)Nc1ccc(Cl)cn1)c1ccc(Cn2cnnn2)cc1. The summed E-state index contributed by atoms with van der Waals surface area (Å²) in [5.41, 5.74) is 13.6. The van der Waals surface area contributed by atoms with E-state index >= 15 is 0 Å². The third-order valence-electron chi connectivity index (χ3n) is 19.0. The largest absolute Gasteiger partial charge is 0.370 e. The maximum Gasteiger partial charge on any atom is 0.258 e. The van der Waals surface area contributed by atoms with E-state index in [1.54, 1.807) is 179 Å². The van der Waals surface area contributed by atoms with Gasteiger partial charge in [-0.15, -0.1) is 5.10 Å². The van der Waals surface area contributed by atoms with Gasteiger partial charge in [-0.1, -0.05) is 141 Å². The van der Waals surface area contributed by atoms with E-state index in [0.717, 1.165) is 66.5 Å². The van der Waals surface area contributed by atoms with Gasteiger partial charge in [0.1, 0.15) is 29.6 Å². The highest BCUT2D eigenvalue weighted by Crippen LogP contribution is 2.30. The van der Waals surface area contributed by atoms with Crippen LogP contribution < -0.4 is 64.2 Å². The van der Waals surface area contributed by atoms with Crippen LogP contribution in [0.2, 0.25) is 40.2 Å². The van der Waals surface area contributed by atoms with Gasteiger partial charge in [0, 0.05) is 112 Å². The highest BCUT2D eigenvalue weighted by Gasteiger charge is 2.23. The lowest BCUT2D eigenvalue weighted by molar-refractivity contribution is 0.101. The van der Waals surface area contributed by atoms with Gasteiger partial charge >= 0.3 is 0 Å². The van der Waals surface area contributed by atoms with Crippen LogP contribution in [-0.2, 0) is 26.2 Å². The number of nitrogen functional groups attached to an aromatic ring is 1. The van der Waals surface area contributed by atoms with Crippen LogP contribution in [-0.4, -0.2) is 128 Å². The summed E-state index contributed by atoms with van der Waals surface area (Å²) in [6, 6.07) is 59.8. The molecule has 16 rings (SSSR count). The van der Waals surface area contributed by atoms with Crippen molar-refractivity contribution >= 4 is 204 Å². The Balaban J connectivity index is 0.000000149. The number of aromatic nitrogens is 10. The zero-order valence-electron chi connectivity index (χ0n) is 68.4. The van der Waals surface area contributed by atoms with E-state index in [4.69, 9.17) is 98.5 Å². The number of carbonyl (C=O) groups is 8. The van der Waals surface area contributed by atoms with Gasteiger partial charge in [0.2, 0.25) is 0 Å². The van der Waals surface area contributed by atoms with E-state index in [1.165, 1.54) is 55.4 Å². The van der Waals surface area contributed by atoms with Crippen molar-refractivity contribution in [3.8, 4) is 0 Å². The number of hydrogen-bond acceptors (Lipinski definition) is 22. The topological polar surface area (TPSA) is 433 Å². The summed E-state index contributed by atoms with van der Waals surface area (Å²) in [6.45, 7) is 4.74. The summed E-state index contributed by atoms with van der Waals surface area (Å²) in [7, 11) is 0. The lowest BCUT2D eigenvalue weighted by Crippen LogP contribution is -2.33. The smallest absolute Gasteiger partial charge is 0.258 e. The van der Waals surface area contributed by atoms with Crippen LogP contribution in [0.4, 0.5) is 52.0 Å². The van der Waals surface area contributed by atoms with Gasteiger partial charge in [-0.2, -0.15) is 0 Å². The van der Waals surface area contributed by atoms with Crippen molar-refractivity contribution in [3.05, 3.63) is 369 Å². The molecule has 8 heterocycles. The number of imidazole rings is 1. The van der Waals surface area contributed by atoms with Crippen LogP contribution in [0.15, 0.2) is 272 Å². The maximum absolute atomic E-state index is 12.8. The molecule has 13 N–H and O–H groups in total. The number of amidine groups is 1. The van der Waals surface area contributed by atoms with Gasteiger partial charge in [-0.3, -0.25) is 48.3 Å². The normalized spacial score (nSPS) is 11.6. The van der Waals surface area contributed by atoms with Crippen LogP contribution >= 0.6 is 92.8 Å². The molecule has 662 valence electrons. The molecule has 8 amide bonds. The number of rotatable bonds is 24. The second kappa shape index (κ2) is 45.8. The fraction of sp³-hybridized carbons (Fsp3) is 0.0989. The number of anilines is 9. The Labute approximate surface area is 788 Å². The number of halogens is 8. The number of aliphatic imine (C=N–C) groups is 2. The van der Waals surface area contributed by atoms with Crippen LogP contribution in [0.3, 0.4) is 0 Å². The zero-order chi connectivity index (χ0) is 92.3. The quantitative estimate of drug-likeness (QED) is 0.0267. The van der Waals surface area contributed by atoms with Crippen LogP contribution in [0.5, 0.6) is 0 Å². The molecule has 0 saturated heterocycles. The van der Waals surface area contributed by atoms with Crippen LogP contribution in [0, 0.1) is 0 Å². The molecule has 0 aliphatic carbocycles. The minimum atomic E-state index is -0.477. The van der Waals surface area contributed by atoms with Gasteiger partial charge in [0.15, 0.2) is 11.9 Å². The summed E-state index contributed by atoms with van der Waals surface area (Å²) < 4.78 is 3.37. The molecule has 6 aromatic heterocycles. The molecule has 0 unspecified atom stereocenters. The Morgan fingerprint density at radius 1 is 0.359 bits per heavy atom. The van der Waals surface area contributed by atoms with Gasteiger partial charge in [-0.05, 0) is 209 Å². The molecular weight excluding hydrogens is 1840 g/mol. The molecular formula is C91H74Cl8N24O8. The summed E-state index contributed by atoms with van der Waals surface area (Å²) in [6.07, 6.45) is 12.7. The predicted molar refractivity (Wildman–Crippen MR) is 510 cm³/mol. The van der Waals surface area contributed by atoms with Gasteiger partial charge < -0.3 is 68.8 Å². The van der Waals surface area contributed by atoms with Crippen LogP contribution in [0.25, 0.3) is 0 Å². The molecule has 0 radical (unpaired) electrons. The average molecular weight is 1920 g/mol. The van der Waals surface area contributed by atoms with Crippen molar-refractivity contribution in [1.29, 1.82) is 0 Å². The molecule has 32 nitrogen and oxygen atoms in total. The van der Waals surface area contributed by atoms with E-state index in [-0.39, 0.29) is 45.9 Å². The molecule has 2 aliphatic heterocycles. The molecule has 0 spiro atoms. The number of guanidine groups is 1. The number of hydrogen-bond donors (Lipinski definition) is 12. The number of nitrogens with zero attached hydrogens (tertiary/aromatic N) is 12. The van der Waals surface area contributed by atoms with Crippen molar-refractivity contribution in [2.75, 3.05) is 67.9 Å². The molecule has 0 atom stereocenters. The molecule has 14 aromatic rings. The molecule has 0 saturated carbocycles. The van der Waals surface area contributed by atoms with E-state index in [9.17, 15) is 38.4 Å². The maximum atomic E-state index is 12.8. The average Bonchev–Trinajstić information content (AvgIpc) is 1.69. The molecule has 2 aliphatic rings. The van der Waals surface area contributed by atoms with Crippen molar-refractivity contribution in [2.24, 2.45) is 9.98 Å². The number of benzene rings is 8. The zero-order valence-corrected chi connectivity index (χ0v) is 74.5. The third-order valence-corrected chi connectivity index (χ3v) is 20.8. The van der Waals surface area contributed by atoms with Gasteiger partial charge in [0.25, 0.3) is 47.3 Å². The second-order valence-electron chi connectivity index (χ2n) is 28.3. The van der Waals surface area contributed by atoms with E-state index in [0.29, 0.717) is 141 Å². The first-order valence-electron chi connectivity index (χ1n) is 39.6. The number of amides is 8. The first-order chi connectivity index (χ1) is 63.3. The minimum absolute atomic E-state index is 0.193. The number of nitrogens with one attached hydrogen (secondary N) is 11. The summed E-state index contributed by atoms with van der Waals surface area (Å²) in [5, 5.41) is 45.6. The lowest BCUT2D eigenvalue weighted by Gasteiger charge is -2.12. The predicted octanol–water partition coefficient (Wildman–Crippen LogP) is 17.8. The molecule has 0 bridgehead atoms. The lowest BCUT2D eigenvalue weighted by atomic mass is 10.1. The fourth-order valence-electron chi connectivity index (χ4n) is 12.3. The standard InChI is InChI=1S/C24H21Cl2N5O2.C23H18Cl2N6O2.C23H20Cl2N6O2.C21H15Cl2N7O2/c25-17-7-9-20(19(12-17)24(33)31-22-10-8-18(26)14-29-22)30-23(32)16-5-3-15(4-6-16)13-28-21-2-1-11-27-21;24-16-5-7-19(18(11-16)22(33)30-20-8-6-17(25)12-28-20)29-21(32)15-3-1-14(2-4-15)13-31-10-9-27-23(31)26;24-16-5-7-19(18(11-16)22(33)31-20-8-6-17(25)13-28-20)30-21(32)15-3-1-14(2-4-15)12-29-23-26-9-10-27-23;22-15-5-7-18(17(9-15)21(32)27-19-8-6-16(23)10-24-19)26-20(31)14-3-1-13(2-4-14)11-30-12-25-28-29-30/h3-10,12,14H,1-2,11,13H2,(H,27,28)(H,30,32)(H,29,31,33);1-12H,13H2,(H2,26,27)(H,29,32)(H,28,30,33);1-8,11,13H,9-10,12H2,(H,30,32)(H2,26,27,29)(H,28,31,33);1-10,12H,11H2,(H,26,31)(H,24,27,32). The van der Waals surface area contributed by atoms with Crippen molar-refractivity contribution in [2.45, 2.75) is 39.0 Å². The molecule has 131 heavy (non-hydrogen) atoms. The van der Waals surface area contributed by atoms with E-state index < -0.39 is 23.6 Å². The van der Waals surface area contributed by atoms with E-state index in [1.807, 2.05) is 36.4 Å². The van der Waals surface area contributed by atoms with Gasteiger partial charge in [-0.25, -0.2) is 29.6 Å². The number of tetrazole rings is 1. The van der Waals surface area contributed by atoms with Crippen molar-refractivity contribution < 1.29 is 38.4 Å². The fourth-order valence-corrected chi connectivity index (χ4v) is 13.5. The minimum Gasteiger partial charge on any atom is -0.370 e. The Morgan fingerprint density at radius 3 is 1.00 bits per heavy atom. The molecule has 40 heteroatoms. The van der Waals surface area contributed by atoms with Crippen molar-refractivity contribution in [1.82, 2.24) is 65.6 Å². The first-order valence-corrected chi connectivity index (χ1v) is 42.6. The highest BCUT2D eigenvalue weighted by atomic mass is 35.5. The summed E-state index contributed by atoms with van der Waals surface area (Å²) in [5.74, 6) is 0.191. The molecule has 0 fully saturated rings. The number of carbonyl (C=O) groups excluding carboxylic acids is 8. The van der Waals surface area contributed by atoms with Crippen LogP contribution in [0.1, 0.15) is 118 Å². The summed E-state index contributed by atoms with van der Waals surface area (Å²) >= 11 is 47.7. The Bertz CT molecular complexity index is 6320. The Hall–Kier alpha value is -14.7. The Morgan fingerprint density at radius 2 is 0.702 bits per heavy atom. The monoisotopic (exact) mass is 1910 g/mol. The Kier molecular flexibility index (Phi) is 32.8. The first kappa shape index (κ1) is 93.9. The number of nitrogens with two attached hydrogens (primary N) is 1. The van der Waals surface area contributed by atoms with Crippen molar-refractivity contribution in [3.63, 3.8) is 0 Å². The third kappa shape index (κ3) is 27.9. The van der Waals surface area contributed by atoms with E-state index in [2.05, 4.69) is 109 Å². The summed E-state index contributed by atoms with van der Waals surface area (Å²) in [4.78, 5) is 131. The highest BCUT2D eigenvalue weighted by molar-refractivity contribution is 6.34. The number of pyridine rings is 4. The second-order valence-corrected chi connectivity index (χ2v) is 31.8.